The first-order valence-corrected chi connectivity index (χ1v) is 7.38. The molecule has 0 spiro atoms. The van der Waals surface area contributed by atoms with Gasteiger partial charge in [-0.25, -0.2) is 0 Å². The van der Waals surface area contributed by atoms with Crippen LogP contribution in [0.15, 0.2) is 54.6 Å². The van der Waals surface area contributed by atoms with Crippen molar-refractivity contribution in [1.29, 1.82) is 0 Å². The Morgan fingerprint density at radius 3 is 2.05 bits per heavy atom. The molecule has 94 valence electrons. The summed E-state index contributed by atoms with van der Waals surface area (Å²) in [6, 6.07) is 19.9. The highest BCUT2D eigenvalue weighted by molar-refractivity contribution is 6.84. The summed E-state index contributed by atoms with van der Waals surface area (Å²) in [6.45, 7) is 2.16. The molecule has 0 N–H and O–H groups in total. The van der Waals surface area contributed by atoms with Gasteiger partial charge >= 0.3 is 0 Å². The van der Waals surface area contributed by atoms with E-state index in [-0.39, 0.29) is 0 Å². The lowest BCUT2D eigenvalue weighted by molar-refractivity contribution is 1.50. The van der Waals surface area contributed by atoms with Gasteiger partial charge in [-0.1, -0.05) is 82.0 Å². The lowest BCUT2D eigenvalue weighted by Gasteiger charge is -2.08. The van der Waals surface area contributed by atoms with Crippen molar-refractivity contribution in [3.05, 3.63) is 60.2 Å². The summed E-state index contributed by atoms with van der Waals surface area (Å²) in [6.07, 6.45) is 0. The monoisotopic (exact) mass is 262 g/mol. The van der Waals surface area contributed by atoms with Crippen LogP contribution in [0.3, 0.4) is 0 Å². The molecule has 0 nitrogen and oxygen atoms in total. The van der Waals surface area contributed by atoms with Crippen LogP contribution in [0.1, 0.15) is 5.56 Å². The molecule has 2 aliphatic rings. The average Bonchev–Trinajstić information content (AvgIpc) is 3.04. The molecule has 2 heteroatoms. The van der Waals surface area contributed by atoms with Gasteiger partial charge in [0.1, 0.15) is 0 Å². The molecule has 0 fully saturated rings. The topological polar surface area (TPSA) is 0 Å². The highest BCUT2D eigenvalue weighted by atomic mass is 14.2. The van der Waals surface area contributed by atoms with Crippen LogP contribution in [0.4, 0.5) is 0 Å². The molecule has 2 heterocycles. The van der Waals surface area contributed by atoms with Crippen LogP contribution in [0, 0.1) is 6.92 Å². The van der Waals surface area contributed by atoms with Crippen molar-refractivity contribution in [3.63, 3.8) is 0 Å². The fraction of sp³-hybridized carbons (Fsp3) is 0.0526. The molecule has 0 amide bonds. The van der Waals surface area contributed by atoms with Gasteiger partial charge in [0.2, 0.25) is 0 Å². The van der Waals surface area contributed by atoms with E-state index in [1.54, 1.807) is 0 Å². The SMILES string of the molecule is Cc1ccc2c(c1)[B]c1c-2ccc2c1[B]c1ccccc1-2. The molecule has 3 aromatic rings. The van der Waals surface area contributed by atoms with E-state index in [1.165, 1.54) is 49.7 Å². The predicted molar refractivity (Wildman–Crippen MR) is 92.1 cm³/mol. The van der Waals surface area contributed by atoms with Crippen molar-refractivity contribution in [3.8, 4) is 22.3 Å². The maximum Gasteiger partial charge on any atom is 0.192 e. The minimum atomic E-state index is 1.32. The Kier molecular flexibility index (Phi) is 2.13. The molecule has 2 radical (unpaired) electrons. The minimum Gasteiger partial charge on any atom is -0.0788 e. The van der Waals surface area contributed by atoms with E-state index < -0.39 is 0 Å². The Labute approximate surface area is 126 Å². The standard InChI is InChI=1S/C19H12B2/c1-11-6-7-13-15-9-8-14-12-4-2-3-5-16(12)20-18(14)19(15)21-17(13)10-11/h2-10H,1H3. The Balaban J connectivity index is 1.75. The van der Waals surface area contributed by atoms with Crippen molar-refractivity contribution in [1.82, 2.24) is 0 Å². The molecule has 5 rings (SSSR count). The Bertz CT molecular complexity index is 909. The minimum absolute atomic E-state index is 1.32. The molecule has 0 bridgehead atoms. The molecule has 0 aliphatic carbocycles. The zero-order valence-corrected chi connectivity index (χ0v) is 11.9. The predicted octanol–water partition coefficient (Wildman–Crippen LogP) is 1.27. The van der Waals surface area contributed by atoms with Crippen LogP contribution in [-0.2, 0) is 0 Å². The number of hydrogen-bond donors (Lipinski definition) is 0. The lowest BCUT2D eigenvalue weighted by Crippen LogP contribution is -2.39. The van der Waals surface area contributed by atoms with Gasteiger partial charge in [0, 0.05) is 0 Å². The fourth-order valence-electron chi connectivity index (χ4n) is 3.64. The van der Waals surface area contributed by atoms with Gasteiger partial charge in [0.15, 0.2) is 14.6 Å². The van der Waals surface area contributed by atoms with Crippen LogP contribution in [0.5, 0.6) is 0 Å². The highest BCUT2D eigenvalue weighted by Crippen LogP contribution is 2.25. The Morgan fingerprint density at radius 1 is 0.619 bits per heavy atom. The van der Waals surface area contributed by atoms with Gasteiger partial charge in [-0.3, -0.25) is 0 Å². The van der Waals surface area contributed by atoms with E-state index in [9.17, 15) is 0 Å². The second-order valence-electron chi connectivity index (χ2n) is 5.95. The summed E-state index contributed by atoms with van der Waals surface area (Å²) >= 11 is 0. The molecular formula is C19H12B2. The van der Waals surface area contributed by atoms with E-state index in [1.807, 2.05) is 0 Å². The molecule has 0 saturated heterocycles. The van der Waals surface area contributed by atoms with Crippen LogP contribution < -0.4 is 21.9 Å². The van der Waals surface area contributed by atoms with Gasteiger partial charge in [-0.2, -0.15) is 0 Å². The van der Waals surface area contributed by atoms with E-state index >= 15 is 0 Å². The zero-order chi connectivity index (χ0) is 14.0. The summed E-state index contributed by atoms with van der Waals surface area (Å²) in [4.78, 5) is 0. The summed E-state index contributed by atoms with van der Waals surface area (Å²) < 4.78 is 0. The summed E-state index contributed by atoms with van der Waals surface area (Å²) in [5.74, 6) is 0. The average molecular weight is 262 g/mol. The van der Waals surface area contributed by atoms with E-state index in [2.05, 4.69) is 76.1 Å². The van der Waals surface area contributed by atoms with Crippen molar-refractivity contribution in [2.75, 3.05) is 0 Å². The highest BCUT2D eigenvalue weighted by Gasteiger charge is 2.28. The van der Waals surface area contributed by atoms with Crippen molar-refractivity contribution in [2.45, 2.75) is 6.92 Å². The van der Waals surface area contributed by atoms with E-state index in [0.29, 0.717) is 0 Å². The number of aryl methyl sites for hydroxylation is 1. The van der Waals surface area contributed by atoms with Crippen LogP contribution in [-0.4, -0.2) is 14.6 Å². The Morgan fingerprint density at radius 2 is 1.24 bits per heavy atom. The van der Waals surface area contributed by atoms with Gasteiger partial charge in [-0.05, 0) is 29.2 Å². The van der Waals surface area contributed by atoms with Gasteiger partial charge in [0.05, 0.1) is 0 Å². The first-order valence-electron chi connectivity index (χ1n) is 7.38. The lowest BCUT2D eigenvalue weighted by atomic mass is 9.57. The third-order valence-corrected chi connectivity index (χ3v) is 4.64. The largest absolute Gasteiger partial charge is 0.192 e. The second-order valence-corrected chi connectivity index (χ2v) is 5.95. The molecule has 0 saturated carbocycles. The van der Waals surface area contributed by atoms with E-state index in [4.69, 9.17) is 0 Å². The summed E-state index contributed by atoms with van der Waals surface area (Å²) in [5, 5.41) is 0. The first-order chi connectivity index (χ1) is 10.3. The van der Waals surface area contributed by atoms with E-state index in [0.717, 1.165) is 0 Å². The van der Waals surface area contributed by atoms with Gasteiger partial charge < -0.3 is 0 Å². The summed E-state index contributed by atoms with van der Waals surface area (Å²) in [7, 11) is 4.68. The molecule has 0 atom stereocenters. The quantitative estimate of drug-likeness (QED) is 0.369. The Hall–Kier alpha value is -2.21. The molecule has 0 aromatic heterocycles. The molecule has 3 aromatic carbocycles. The maximum atomic E-state index is 2.35. The molecule has 21 heavy (non-hydrogen) atoms. The number of fused-ring (bicyclic) bond motifs is 7. The van der Waals surface area contributed by atoms with Crippen LogP contribution >= 0.6 is 0 Å². The fourth-order valence-corrected chi connectivity index (χ4v) is 3.64. The smallest absolute Gasteiger partial charge is 0.0788 e. The van der Waals surface area contributed by atoms with Crippen molar-refractivity contribution >= 4 is 36.4 Å². The summed E-state index contributed by atoms with van der Waals surface area (Å²) in [5.41, 5.74) is 12.2. The van der Waals surface area contributed by atoms with Crippen molar-refractivity contribution in [2.24, 2.45) is 0 Å². The number of rotatable bonds is 0. The van der Waals surface area contributed by atoms with Gasteiger partial charge in [0.25, 0.3) is 0 Å². The first kappa shape index (κ1) is 11.4. The van der Waals surface area contributed by atoms with Crippen molar-refractivity contribution < 1.29 is 0 Å². The third kappa shape index (κ3) is 1.48. The van der Waals surface area contributed by atoms with Gasteiger partial charge in [-0.15, -0.1) is 0 Å². The number of hydrogen-bond acceptors (Lipinski definition) is 0. The van der Waals surface area contributed by atoms with Crippen LogP contribution in [0.2, 0.25) is 0 Å². The second kappa shape index (κ2) is 3.92. The maximum absolute atomic E-state index is 2.35. The normalized spacial score (nSPS) is 12.8. The zero-order valence-electron chi connectivity index (χ0n) is 11.9. The molecule has 2 aliphatic heterocycles. The number of benzene rings is 3. The van der Waals surface area contributed by atoms with Crippen LogP contribution in [0.25, 0.3) is 22.3 Å². The third-order valence-electron chi connectivity index (χ3n) is 4.64. The molecular weight excluding hydrogens is 250 g/mol. The molecule has 0 unspecified atom stereocenters.